The Balaban J connectivity index is 0.992. The predicted molar refractivity (Wildman–Crippen MR) is 255 cm³/mol. The molecular weight excluding hydrogens is 845 g/mol. The summed E-state index contributed by atoms with van der Waals surface area (Å²) in [6.45, 7) is 7.35. The minimum absolute atomic E-state index is 0.0112. The van der Waals surface area contributed by atoms with Crippen LogP contribution >= 0.6 is 12.6 Å². The maximum atomic E-state index is 14.1. The largest absolute Gasteiger partial charge is 0.493 e. The fourth-order valence-corrected chi connectivity index (χ4v) is 9.03. The molecule has 0 saturated heterocycles. The van der Waals surface area contributed by atoms with Crippen molar-refractivity contribution in [3.05, 3.63) is 119 Å². The molecule has 2 amide bonds. The first kappa shape index (κ1) is 43.9. The Labute approximate surface area is 384 Å². The molecule has 0 bridgehead atoms. The number of aromatic nitrogens is 1. The van der Waals surface area contributed by atoms with E-state index in [0.717, 1.165) is 34.6 Å². The Hall–Kier alpha value is -6.29. The first-order chi connectivity index (χ1) is 31.5. The lowest BCUT2D eigenvalue weighted by Gasteiger charge is -2.26. The van der Waals surface area contributed by atoms with Gasteiger partial charge in [0.2, 0.25) is 0 Å². The van der Waals surface area contributed by atoms with Gasteiger partial charge in [-0.1, -0.05) is 36.4 Å². The third-order valence-electron chi connectivity index (χ3n) is 12.0. The monoisotopic (exact) mass is 898 g/mol. The maximum absolute atomic E-state index is 14.1. The average molecular weight is 899 g/mol. The van der Waals surface area contributed by atoms with E-state index < -0.39 is 0 Å². The fourth-order valence-electron chi connectivity index (χ4n) is 8.93. The number of rotatable bonds is 17. The molecular formula is C50H54N6O8S. The number of carbonyl (C=O) groups is 2. The third kappa shape index (κ3) is 9.18. The van der Waals surface area contributed by atoms with Crippen molar-refractivity contribution in [1.29, 1.82) is 0 Å². The van der Waals surface area contributed by atoms with Gasteiger partial charge in [-0.25, -0.2) is 0 Å². The van der Waals surface area contributed by atoms with E-state index in [1.165, 1.54) is 0 Å². The van der Waals surface area contributed by atoms with Gasteiger partial charge >= 0.3 is 0 Å². The van der Waals surface area contributed by atoms with E-state index >= 15 is 0 Å². The summed E-state index contributed by atoms with van der Waals surface area (Å²) in [5, 5.41) is 3.51. The van der Waals surface area contributed by atoms with Crippen LogP contribution in [0, 0.1) is 0 Å². The number of amides is 2. The molecule has 0 radical (unpaired) electrons. The van der Waals surface area contributed by atoms with Crippen LogP contribution in [0.25, 0.3) is 0 Å². The molecule has 4 aliphatic rings. The first-order valence-electron chi connectivity index (χ1n) is 21.9. The van der Waals surface area contributed by atoms with Gasteiger partial charge in [0.15, 0.2) is 23.0 Å². The van der Waals surface area contributed by atoms with Gasteiger partial charge in [0.1, 0.15) is 13.2 Å². The number of aliphatic imine (C=N–C) groups is 1. The zero-order chi connectivity index (χ0) is 45.2. The Kier molecular flexibility index (Phi) is 12.6. The van der Waals surface area contributed by atoms with Gasteiger partial charge in [0.25, 0.3) is 11.8 Å². The number of benzene rings is 4. The summed E-state index contributed by atoms with van der Waals surface area (Å²) in [6.07, 6.45) is 3.31. The van der Waals surface area contributed by atoms with Crippen LogP contribution in [0.15, 0.2) is 89.9 Å². The second-order valence-electron chi connectivity index (χ2n) is 17.2. The van der Waals surface area contributed by atoms with Crippen LogP contribution in [-0.2, 0) is 35.5 Å². The molecule has 0 fully saturated rings. The van der Waals surface area contributed by atoms with E-state index in [4.69, 9.17) is 38.4 Å². The Morgan fingerprint density at radius 1 is 0.754 bits per heavy atom. The van der Waals surface area contributed by atoms with Crippen molar-refractivity contribution in [1.82, 2.24) is 4.98 Å². The molecule has 0 spiro atoms. The lowest BCUT2D eigenvalue weighted by molar-refractivity contribution is 0.0976. The van der Waals surface area contributed by atoms with Gasteiger partial charge in [-0.15, -0.1) is 0 Å². The Morgan fingerprint density at radius 3 is 2.05 bits per heavy atom. The summed E-state index contributed by atoms with van der Waals surface area (Å²) in [6, 6.07) is 26.8. The second-order valence-corrected chi connectivity index (χ2v) is 18.4. The number of anilines is 4. The van der Waals surface area contributed by atoms with E-state index in [2.05, 4.69) is 28.9 Å². The second kappa shape index (κ2) is 18.7. The number of thiol groups is 1. The summed E-state index contributed by atoms with van der Waals surface area (Å²) in [5.74, 6) is 1.48. The van der Waals surface area contributed by atoms with Crippen LogP contribution in [0.4, 0.5) is 28.4 Å². The van der Waals surface area contributed by atoms with Crippen LogP contribution < -0.4 is 39.0 Å². The van der Waals surface area contributed by atoms with Crippen molar-refractivity contribution in [3.8, 4) is 23.0 Å². The van der Waals surface area contributed by atoms with E-state index in [1.54, 1.807) is 39.5 Å². The number of pyridine rings is 1. The smallest absolute Gasteiger partial charge is 0.261 e. The molecule has 5 aromatic rings. The molecule has 2 atom stereocenters. The van der Waals surface area contributed by atoms with Crippen LogP contribution in [0.1, 0.15) is 57.1 Å². The summed E-state index contributed by atoms with van der Waals surface area (Å²) in [5.41, 5.74) is 8.34. The van der Waals surface area contributed by atoms with E-state index in [0.29, 0.717) is 103 Å². The SMILES string of the molecule is COCCN(CCOCC(C)(C)S)c1cc(COc2cc3c(cc2OC)C(=O)N2c4ccccc4C[C@H]2C=N3)nc(COc2cc3c(cc2OC)C(=O)N2c4ccccc4C[C@H]2CN3)c1. The van der Waals surface area contributed by atoms with Gasteiger partial charge < -0.3 is 43.5 Å². The highest BCUT2D eigenvalue weighted by molar-refractivity contribution is 7.81. The van der Waals surface area contributed by atoms with Crippen LogP contribution in [-0.4, -0.2) is 101 Å². The van der Waals surface area contributed by atoms with Crippen molar-refractivity contribution in [2.45, 2.75) is 56.7 Å². The molecule has 338 valence electrons. The number of methoxy groups -OCH3 is 3. The number of hydrogen-bond acceptors (Lipinski definition) is 13. The highest BCUT2D eigenvalue weighted by atomic mass is 32.1. The average Bonchev–Trinajstić information content (AvgIpc) is 3.80. The molecule has 4 aromatic carbocycles. The number of hydrogen-bond donors (Lipinski definition) is 2. The number of ether oxygens (including phenoxy) is 6. The lowest BCUT2D eigenvalue weighted by atomic mass is 10.1. The Bertz CT molecular complexity index is 2630. The first-order valence-corrected chi connectivity index (χ1v) is 22.3. The number of nitrogens with one attached hydrogen (secondary N) is 1. The number of para-hydroxylation sites is 2. The highest BCUT2D eigenvalue weighted by Gasteiger charge is 2.39. The standard InChI is InChI=1S/C50H54N6O8S/c1-50(2,65)30-62-17-15-54(14-16-59-3)35-20-33(28-63-46-24-40-38(22-44(46)60-4)48(57)55-36(26-51-40)18-31-10-6-8-12-42(31)55)53-34(21-35)29-64-47-25-41-39(23-45(47)61-5)49(58)56-37(27-52-41)19-32-11-7-9-13-43(32)56/h6-13,20-26,36-37,52,65H,14-19,27-30H2,1-5H3/t36-,37-/m0/s1. The minimum Gasteiger partial charge on any atom is -0.493 e. The summed E-state index contributed by atoms with van der Waals surface area (Å²) >= 11 is 4.63. The fraction of sp³-hybridized carbons (Fsp3) is 0.360. The topological polar surface area (TPSA) is 137 Å². The number of fused-ring (bicyclic) bond motifs is 8. The summed E-state index contributed by atoms with van der Waals surface area (Å²) in [4.78, 5) is 43.8. The zero-order valence-electron chi connectivity index (χ0n) is 37.3. The highest BCUT2D eigenvalue weighted by Crippen LogP contribution is 2.43. The van der Waals surface area contributed by atoms with E-state index in [9.17, 15) is 9.59 Å². The quantitative estimate of drug-likeness (QED) is 0.0702. The molecule has 1 N–H and O–H groups in total. The molecule has 65 heavy (non-hydrogen) atoms. The van der Waals surface area contributed by atoms with Crippen molar-refractivity contribution >= 4 is 59.1 Å². The molecule has 5 heterocycles. The number of carbonyl (C=O) groups excluding carboxylic acids is 2. The molecule has 15 heteroatoms. The minimum atomic E-state index is -0.276. The van der Waals surface area contributed by atoms with Gasteiger partial charge in [-0.3, -0.25) is 24.5 Å². The normalized spacial score (nSPS) is 16.9. The number of nitrogens with zero attached hydrogens (tertiary/aromatic N) is 5. The van der Waals surface area contributed by atoms with Gasteiger partial charge in [0, 0.05) is 73.3 Å². The van der Waals surface area contributed by atoms with Gasteiger partial charge in [0.05, 0.1) is 80.0 Å². The third-order valence-corrected chi connectivity index (χ3v) is 12.2. The van der Waals surface area contributed by atoms with Crippen molar-refractivity contribution in [3.63, 3.8) is 0 Å². The van der Waals surface area contributed by atoms with Crippen molar-refractivity contribution < 1.29 is 38.0 Å². The van der Waals surface area contributed by atoms with Crippen LogP contribution in [0.3, 0.4) is 0 Å². The van der Waals surface area contributed by atoms with Crippen molar-refractivity contribution in [2.24, 2.45) is 4.99 Å². The zero-order valence-corrected chi connectivity index (χ0v) is 38.2. The molecule has 0 aliphatic carbocycles. The van der Waals surface area contributed by atoms with Gasteiger partial charge in [-0.2, -0.15) is 12.6 Å². The van der Waals surface area contributed by atoms with Crippen LogP contribution in [0.2, 0.25) is 0 Å². The molecule has 1 aromatic heterocycles. The van der Waals surface area contributed by atoms with Crippen LogP contribution in [0.5, 0.6) is 23.0 Å². The van der Waals surface area contributed by atoms with Crippen molar-refractivity contribution in [2.75, 3.05) is 80.8 Å². The van der Waals surface area contributed by atoms with Gasteiger partial charge in [-0.05, 0) is 67.8 Å². The van der Waals surface area contributed by atoms with E-state index in [1.807, 2.05) is 90.5 Å². The molecule has 14 nitrogen and oxygen atoms in total. The molecule has 0 unspecified atom stereocenters. The summed E-state index contributed by atoms with van der Waals surface area (Å²) in [7, 11) is 4.79. The predicted octanol–water partition coefficient (Wildman–Crippen LogP) is 7.72. The maximum Gasteiger partial charge on any atom is 0.261 e. The molecule has 9 rings (SSSR count). The van der Waals surface area contributed by atoms with E-state index in [-0.39, 0.29) is 41.9 Å². The Morgan fingerprint density at radius 2 is 1.37 bits per heavy atom. The lowest BCUT2D eigenvalue weighted by Crippen LogP contribution is -2.39. The molecule has 4 aliphatic heterocycles. The molecule has 0 saturated carbocycles. The summed E-state index contributed by atoms with van der Waals surface area (Å²) < 4.78 is 35.9.